The van der Waals surface area contributed by atoms with Crippen molar-refractivity contribution >= 4 is 13.0 Å². The molecule has 0 aromatic rings. The quantitative estimate of drug-likeness (QED) is 0.533. The van der Waals surface area contributed by atoms with Crippen molar-refractivity contribution in [3.63, 3.8) is 0 Å². The van der Waals surface area contributed by atoms with Crippen LogP contribution in [-0.2, 0) is 4.79 Å². The van der Waals surface area contributed by atoms with Crippen LogP contribution in [0.5, 0.6) is 0 Å². The van der Waals surface area contributed by atoms with E-state index in [1.54, 1.807) is 4.90 Å². The van der Waals surface area contributed by atoms with Crippen molar-refractivity contribution in [2.75, 3.05) is 6.54 Å². The summed E-state index contributed by atoms with van der Waals surface area (Å²) < 4.78 is 0. The second-order valence-corrected chi connectivity index (χ2v) is 4.86. The highest BCUT2D eigenvalue weighted by Gasteiger charge is 2.41. The van der Waals surface area contributed by atoms with Crippen LogP contribution in [0.15, 0.2) is 0 Å². The standard InChI is InChI=1S/C10H19BN2O3/c12-8-4-1-3-7(8)10(14)13-6-2-5-9(13)11(15)16/h7-9,15-16H,1-6,12H2/t7-,8-,9?/m1/s1. The lowest BCUT2D eigenvalue weighted by molar-refractivity contribution is -0.135. The summed E-state index contributed by atoms with van der Waals surface area (Å²) in [4.78, 5) is 13.8. The maximum Gasteiger partial charge on any atom is 0.475 e. The second kappa shape index (κ2) is 4.73. The van der Waals surface area contributed by atoms with Crippen molar-refractivity contribution in [1.29, 1.82) is 0 Å². The molecule has 4 N–H and O–H groups in total. The highest BCUT2D eigenvalue weighted by atomic mass is 16.4. The largest absolute Gasteiger partial charge is 0.475 e. The number of hydrogen-bond acceptors (Lipinski definition) is 4. The molecule has 1 saturated carbocycles. The average Bonchev–Trinajstić information content (AvgIpc) is 2.84. The minimum Gasteiger partial charge on any atom is -0.426 e. The molecule has 1 aliphatic carbocycles. The molecule has 16 heavy (non-hydrogen) atoms. The second-order valence-electron chi connectivity index (χ2n) is 4.86. The van der Waals surface area contributed by atoms with E-state index in [0.29, 0.717) is 13.0 Å². The molecular weight excluding hydrogens is 207 g/mol. The van der Waals surface area contributed by atoms with Gasteiger partial charge in [0.2, 0.25) is 5.91 Å². The van der Waals surface area contributed by atoms with Gasteiger partial charge in [-0.05, 0) is 25.7 Å². The highest BCUT2D eigenvalue weighted by molar-refractivity contribution is 6.43. The third kappa shape index (κ3) is 2.10. The van der Waals surface area contributed by atoms with Gasteiger partial charge in [-0.2, -0.15) is 0 Å². The molecule has 0 spiro atoms. The zero-order chi connectivity index (χ0) is 11.7. The molecule has 1 amide bonds. The van der Waals surface area contributed by atoms with Gasteiger partial charge in [0.25, 0.3) is 0 Å². The van der Waals surface area contributed by atoms with E-state index in [0.717, 1.165) is 25.7 Å². The van der Waals surface area contributed by atoms with Crippen LogP contribution >= 0.6 is 0 Å². The third-order valence-electron chi connectivity index (χ3n) is 3.81. The number of carbonyl (C=O) groups excluding carboxylic acids is 1. The predicted octanol–water partition coefficient (Wildman–Crippen LogP) is -0.883. The van der Waals surface area contributed by atoms with Gasteiger partial charge < -0.3 is 20.7 Å². The summed E-state index contributed by atoms with van der Waals surface area (Å²) in [6.45, 7) is 0.629. The zero-order valence-electron chi connectivity index (χ0n) is 9.38. The first-order valence-electron chi connectivity index (χ1n) is 6.03. The van der Waals surface area contributed by atoms with Gasteiger partial charge >= 0.3 is 7.12 Å². The molecule has 0 aromatic heterocycles. The smallest absolute Gasteiger partial charge is 0.426 e. The summed E-state index contributed by atoms with van der Waals surface area (Å²) in [6.07, 6.45) is 4.25. The van der Waals surface area contributed by atoms with E-state index >= 15 is 0 Å². The number of nitrogens with two attached hydrogens (primary N) is 1. The van der Waals surface area contributed by atoms with E-state index in [4.69, 9.17) is 5.73 Å². The fraction of sp³-hybridized carbons (Fsp3) is 0.900. The number of nitrogens with zero attached hydrogens (tertiary/aromatic N) is 1. The molecule has 1 unspecified atom stereocenters. The molecule has 2 fully saturated rings. The van der Waals surface area contributed by atoms with E-state index in [9.17, 15) is 14.8 Å². The van der Waals surface area contributed by atoms with Crippen LogP contribution < -0.4 is 5.73 Å². The topological polar surface area (TPSA) is 86.8 Å². The Kier molecular flexibility index (Phi) is 3.52. The first-order chi connectivity index (χ1) is 7.61. The summed E-state index contributed by atoms with van der Waals surface area (Å²) in [5.41, 5.74) is 5.90. The number of amides is 1. The Morgan fingerprint density at radius 1 is 1.25 bits per heavy atom. The maximum atomic E-state index is 12.2. The van der Waals surface area contributed by atoms with Crippen LogP contribution in [0, 0.1) is 5.92 Å². The van der Waals surface area contributed by atoms with Gasteiger partial charge in [-0.25, -0.2) is 0 Å². The van der Waals surface area contributed by atoms with Crippen molar-refractivity contribution in [2.45, 2.75) is 44.1 Å². The van der Waals surface area contributed by atoms with Gasteiger partial charge in [0.05, 0.1) is 11.9 Å². The van der Waals surface area contributed by atoms with Gasteiger partial charge in [0, 0.05) is 12.6 Å². The van der Waals surface area contributed by atoms with Crippen LogP contribution in [0.4, 0.5) is 0 Å². The molecule has 5 nitrogen and oxygen atoms in total. The van der Waals surface area contributed by atoms with Crippen molar-refractivity contribution < 1.29 is 14.8 Å². The molecule has 2 aliphatic rings. The molecule has 3 atom stereocenters. The van der Waals surface area contributed by atoms with Crippen LogP contribution in [0.3, 0.4) is 0 Å². The Hall–Kier alpha value is -0.585. The highest BCUT2D eigenvalue weighted by Crippen LogP contribution is 2.29. The first-order valence-corrected chi connectivity index (χ1v) is 6.03. The van der Waals surface area contributed by atoms with Crippen LogP contribution in [0.25, 0.3) is 0 Å². The lowest BCUT2D eigenvalue weighted by Gasteiger charge is -2.28. The molecule has 90 valence electrons. The summed E-state index contributed by atoms with van der Waals surface area (Å²) in [7, 11) is -1.43. The summed E-state index contributed by atoms with van der Waals surface area (Å²) >= 11 is 0. The fourth-order valence-electron chi connectivity index (χ4n) is 2.88. The van der Waals surface area contributed by atoms with Gasteiger partial charge in [-0.3, -0.25) is 4.79 Å². The van der Waals surface area contributed by atoms with Crippen LogP contribution in [0.2, 0.25) is 0 Å². The third-order valence-corrected chi connectivity index (χ3v) is 3.81. The summed E-state index contributed by atoms with van der Waals surface area (Å²) in [5, 5.41) is 18.4. The van der Waals surface area contributed by atoms with E-state index in [-0.39, 0.29) is 17.9 Å². The zero-order valence-corrected chi connectivity index (χ0v) is 9.38. The van der Waals surface area contributed by atoms with Gasteiger partial charge in [0.15, 0.2) is 0 Å². The number of hydrogen-bond donors (Lipinski definition) is 3. The number of rotatable bonds is 2. The minimum atomic E-state index is -1.43. The summed E-state index contributed by atoms with van der Waals surface area (Å²) in [5.74, 6) is -0.528. The Balaban J connectivity index is 2.03. The Labute approximate surface area is 95.8 Å². The van der Waals surface area contributed by atoms with Gasteiger partial charge in [-0.1, -0.05) is 6.42 Å². The van der Waals surface area contributed by atoms with E-state index in [1.807, 2.05) is 0 Å². The molecule has 2 rings (SSSR count). The number of likely N-dealkylation sites (tertiary alicyclic amines) is 1. The van der Waals surface area contributed by atoms with E-state index in [2.05, 4.69) is 0 Å². The van der Waals surface area contributed by atoms with Crippen molar-refractivity contribution in [3.8, 4) is 0 Å². The maximum absolute atomic E-state index is 12.2. The van der Waals surface area contributed by atoms with Gasteiger partial charge in [-0.15, -0.1) is 0 Å². The minimum absolute atomic E-state index is 0.0144. The normalized spacial score (nSPS) is 34.4. The number of carbonyl (C=O) groups is 1. The lowest BCUT2D eigenvalue weighted by Crippen LogP contribution is -2.49. The van der Waals surface area contributed by atoms with Gasteiger partial charge in [0.1, 0.15) is 0 Å². The predicted molar refractivity (Wildman–Crippen MR) is 60.2 cm³/mol. The summed E-state index contributed by atoms with van der Waals surface area (Å²) in [6, 6.07) is -0.0513. The van der Waals surface area contributed by atoms with Crippen LogP contribution in [-0.4, -0.2) is 46.5 Å². The Morgan fingerprint density at radius 2 is 2.00 bits per heavy atom. The van der Waals surface area contributed by atoms with Crippen LogP contribution in [0.1, 0.15) is 32.1 Å². The lowest BCUT2D eigenvalue weighted by atomic mass is 9.77. The first kappa shape index (κ1) is 11.9. The van der Waals surface area contributed by atoms with Crippen molar-refractivity contribution in [2.24, 2.45) is 11.7 Å². The van der Waals surface area contributed by atoms with E-state index < -0.39 is 13.1 Å². The molecule has 1 saturated heterocycles. The molecule has 6 heteroatoms. The molecule has 1 heterocycles. The monoisotopic (exact) mass is 226 g/mol. The Morgan fingerprint density at radius 3 is 2.56 bits per heavy atom. The molecule has 0 aromatic carbocycles. The molecule has 0 radical (unpaired) electrons. The average molecular weight is 226 g/mol. The van der Waals surface area contributed by atoms with E-state index in [1.165, 1.54) is 0 Å². The SMILES string of the molecule is N[C@@H]1CCC[C@H]1C(=O)N1CCCC1B(O)O. The Bertz CT molecular complexity index is 275. The molecule has 1 aliphatic heterocycles. The molecular formula is C10H19BN2O3. The fourth-order valence-corrected chi connectivity index (χ4v) is 2.88. The van der Waals surface area contributed by atoms with Crippen molar-refractivity contribution in [1.82, 2.24) is 4.90 Å². The van der Waals surface area contributed by atoms with Crippen molar-refractivity contribution in [3.05, 3.63) is 0 Å². The molecule has 0 bridgehead atoms.